The zero-order valence-corrected chi connectivity index (χ0v) is 34.4. The highest BCUT2D eigenvalue weighted by Gasteiger charge is 2.23. The van der Waals surface area contributed by atoms with Gasteiger partial charge in [0.1, 0.15) is 34.3 Å². The molecule has 8 aromatic rings. The van der Waals surface area contributed by atoms with E-state index in [4.69, 9.17) is 24.4 Å². The molecule has 2 aliphatic heterocycles. The maximum absolute atomic E-state index is 5.84. The van der Waals surface area contributed by atoms with Crippen molar-refractivity contribution >= 4 is 67.4 Å². The number of morpholine rings is 2. The lowest BCUT2D eigenvalue weighted by Gasteiger charge is -2.36. The molecular formula is C45H52N12O2. The van der Waals surface area contributed by atoms with Gasteiger partial charge in [-0.25, -0.2) is 29.9 Å². The molecule has 10 rings (SSSR count). The third kappa shape index (κ3) is 9.19. The van der Waals surface area contributed by atoms with E-state index in [1.54, 1.807) is 12.4 Å². The molecule has 14 heteroatoms. The molecule has 0 unspecified atom stereocenters. The lowest BCUT2D eigenvalue weighted by Crippen LogP contribution is -2.45. The Bertz CT molecular complexity index is 2640. The third-order valence-electron chi connectivity index (χ3n) is 10.4. The van der Waals surface area contributed by atoms with Crippen LogP contribution in [0.5, 0.6) is 0 Å². The molecule has 0 saturated carbocycles. The fraction of sp³-hybridized carbons (Fsp3) is 0.333. The van der Waals surface area contributed by atoms with Crippen molar-refractivity contribution in [1.82, 2.24) is 39.9 Å². The van der Waals surface area contributed by atoms with E-state index in [2.05, 4.69) is 109 Å². The minimum absolute atomic E-state index is 0.185. The topological polar surface area (TPSA) is 158 Å². The average Bonchev–Trinajstić information content (AvgIpc) is 3.91. The number of aromatic amines is 2. The summed E-state index contributed by atoms with van der Waals surface area (Å²) in [6.45, 7) is 16.5. The SMILES string of the molecule is CC.Cc1c[nH]c2cccc(CNc3cnc4ccc(N5C[C@@H](C)O[C@@H](C)C5)nc4n3)c12.c1cc2ccc(CNc3cnc4ccc(N5CCOCC5)nc4n3)cc2[nH]1. The zero-order chi connectivity index (χ0) is 40.7. The molecule has 0 radical (unpaired) electrons. The van der Waals surface area contributed by atoms with Crippen molar-refractivity contribution in [2.75, 3.05) is 59.8 Å². The van der Waals surface area contributed by atoms with Gasteiger partial charge >= 0.3 is 0 Å². The first kappa shape index (κ1) is 39.4. The molecule has 4 N–H and O–H groups in total. The molecule has 0 bridgehead atoms. The molecule has 2 aromatic carbocycles. The summed E-state index contributed by atoms with van der Waals surface area (Å²) in [6, 6.07) is 22.7. The van der Waals surface area contributed by atoms with E-state index in [0.29, 0.717) is 24.4 Å². The van der Waals surface area contributed by atoms with Gasteiger partial charge < -0.3 is 39.9 Å². The Hall–Kier alpha value is -6.38. The van der Waals surface area contributed by atoms with Crippen molar-refractivity contribution in [3.8, 4) is 0 Å². The fourth-order valence-corrected chi connectivity index (χ4v) is 7.63. The first-order chi connectivity index (χ1) is 28.9. The standard InChI is InChI=1S/C23H26N6O.C20H20N6O.C2H6/c1-14-9-24-18-6-4-5-17(22(14)18)10-26-20-11-25-19-7-8-21(28-23(19)27-20)29-12-15(2)30-16(3)13-29;1-2-15-5-6-21-17(15)11-14(1)12-23-18-13-22-16-3-4-19(25-20(16)24-18)26-7-9-27-10-8-26;1-2/h4-9,11,15-16,24H,10,12-13H2,1-3H3,(H,26,27,28);1-6,11,13,21H,7-10,12H2,(H,23,24,25);1-2H3/t15-,16+;;. The minimum Gasteiger partial charge on any atom is -0.378 e. The fourth-order valence-electron chi connectivity index (χ4n) is 7.63. The van der Waals surface area contributed by atoms with E-state index in [1.165, 1.54) is 27.5 Å². The summed E-state index contributed by atoms with van der Waals surface area (Å²) < 4.78 is 11.3. The lowest BCUT2D eigenvalue weighted by atomic mass is 10.1. The van der Waals surface area contributed by atoms with Gasteiger partial charge in [-0.1, -0.05) is 38.1 Å². The van der Waals surface area contributed by atoms with Gasteiger partial charge in [-0.2, -0.15) is 0 Å². The number of ether oxygens (including phenoxy) is 2. The molecule has 0 amide bonds. The van der Waals surface area contributed by atoms with Gasteiger partial charge in [-0.3, -0.25) is 0 Å². The predicted molar refractivity (Wildman–Crippen MR) is 237 cm³/mol. The second kappa shape index (κ2) is 18.0. The van der Waals surface area contributed by atoms with Crippen LogP contribution in [0.2, 0.25) is 0 Å². The van der Waals surface area contributed by atoms with Crippen LogP contribution in [0, 0.1) is 6.92 Å². The number of rotatable bonds is 8. The van der Waals surface area contributed by atoms with Gasteiger partial charge in [0.25, 0.3) is 0 Å². The predicted octanol–water partition coefficient (Wildman–Crippen LogP) is 8.02. The van der Waals surface area contributed by atoms with Crippen LogP contribution in [0.15, 0.2) is 91.5 Å². The summed E-state index contributed by atoms with van der Waals surface area (Å²) in [6.07, 6.45) is 7.89. The number of aryl methyl sites for hydroxylation is 1. The van der Waals surface area contributed by atoms with Crippen LogP contribution in [0.3, 0.4) is 0 Å². The van der Waals surface area contributed by atoms with Crippen LogP contribution in [0.25, 0.3) is 44.1 Å². The van der Waals surface area contributed by atoms with Crippen molar-refractivity contribution in [2.24, 2.45) is 0 Å². The van der Waals surface area contributed by atoms with Crippen molar-refractivity contribution in [3.63, 3.8) is 0 Å². The second-order valence-electron chi connectivity index (χ2n) is 14.7. The number of anilines is 4. The number of H-pyrrole nitrogens is 2. The first-order valence-corrected chi connectivity index (χ1v) is 20.5. The Morgan fingerprint density at radius 1 is 0.712 bits per heavy atom. The van der Waals surface area contributed by atoms with Crippen LogP contribution in [0.4, 0.5) is 23.3 Å². The molecule has 2 atom stereocenters. The Morgan fingerprint density at radius 3 is 2.07 bits per heavy atom. The Labute approximate surface area is 343 Å². The highest BCUT2D eigenvalue weighted by atomic mass is 16.5. The smallest absolute Gasteiger partial charge is 0.182 e. The molecule has 304 valence electrons. The molecule has 2 saturated heterocycles. The lowest BCUT2D eigenvalue weighted by molar-refractivity contribution is -0.00544. The highest BCUT2D eigenvalue weighted by molar-refractivity contribution is 5.86. The van der Waals surface area contributed by atoms with Crippen molar-refractivity contribution < 1.29 is 9.47 Å². The van der Waals surface area contributed by atoms with Crippen LogP contribution >= 0.6 is 0 Å². The Kier molecular flexibility index (Phi) is 12.1. The summed E-state index contributed by atoms with van der Waals surface area (Å²) in [5.41, 5.74) is 8.84. The van der Waals surface area contributed by atoms with Crippen LogP contribution in [-0.4, -0.2) is 91.5 Å². The molecule has 8 heterocycles. The van der Waals surface area contributed by atoms with Crippen LogP contribution in [0.1, 0.15) is 44.4 Å². The molecule has 0 aliphatic carbocycles. The monoisotopic (exact) mass is 792 g/mol. The summed E-state index contributed by atoms with van der Waals surface area (Å²) >= 11 is 0. The number of fused-ring (bicyclic) bond motifs is 4. The van der Waals surface area contributed by atoms with Gasteiger partial charge in [0.05, 0.1) is 37.8 Å². The second-order valence-corrected chi connectivity index (χ2v) is 14.7. The number of hydrogen-bond acceptors (Lipinski definition) is 12. The average molecular weight is 793 g/mol. The Balaban J connectivity index is 0.000000158. The summed E-state index contributed by atoms with van der Waals surface area (Å²) in [7, 11) is 0. The summed E-state index contributed by atoms with van der Waals surface area (Å²) in [5, 5.41) is 9.23. The number of hydrogen-bond donors (Lipinski definition) is 4. The molecule has 0 spiro atoms. The number of aromatic nitrogens is 8. The van der Waals surface area contributed by atoms with Crippen LogP contribution < -0.4 is 20.4 Å². The van der Waals surface area contributed by atoms with Crippen molar-refractivity contribution in [2.45, 2.75) is 59.9 Å². The molecule has 59 heavy (non-hydrogen) atoms. The summed E-state index contributed by atoms with van der Waals surface area (Å²) in [4.78, 5) is 38.9. The molecule has 2 fully saturated rings. The molecule has 6 aromatic heterocycles. The maximum Gasteiger partial charge on any atom is 0.182 e. The number of nitrogens with zero attached hydrogens (tertiary/aromatic N) is 8. The van der Waals surface area contributed by atoms with Crippen LogP contribution in [-0.2, 0) is 22.6 Å². The van der Waals surface area contributed by atoms with Gasteiger partial charge in [0.2, 0.25) is 0 Å². The van der Waals surface area contributed by atoms with E-state index in [1.807, 2.05) is 50.5 Å². The molecule has 14 nitrogen and oxygen atoms in total. The third-order valence-corrected chi connectivity index (χ3v) is 10.4. The molecule has 2 aliphatic rings. The zero-order valence-electron chi connectivity index (χ0n) is 34.4. The Morgan fingerprint density at radius 2 is 1.37 bits per heavy atom. The van der Waals surface area contributed by atoms with Crippen molar-refractivity contribution in [3.05, 3.63) is 108 Å². The normalized spacial score (nSPS) is 16.8. The van der Waals surface area contributed by atoms with E-state index in [9.17, 15) is 0 Å². The highest BCUT2D eigenvalue weighted by Crippen LogP contribution is 2.25. The van der Waals surface area contributed by atoms with E-state index >= 15 is 0 Å². The quantitative estimate of drug-likeness (QED) is 0.118. The first-order valence-electron chi connectivity index (χ1n) is 20.5. The molecular weight excluding hydrogens is 741 g/mol. The largest absolute Gasteiger partial charge is 0.378 e. The van der Waals surface area contributed by atoms with Gasteiger partial charge in [-0.05, 0) is 85.3 Å². The van der Waals surface area contributed by atoms with E-state index < -0.39 is 0 Å². The number of nitrogens with one attached hydrogen (secondary N) is 4. The van der Waals surface area contributed by atoms with Gasteiger partial charge in [0.15, 0.2) is 11.3 Å². The summed E-state index contributed by atoms with van der Waals surface area (Å²) in [5.74, 6) is 3.29. The van der Waals surface area contributed by atoms with Crippen molar-refractivity contribution in [1.29, 1.82) is 0 Å². The minimum atomic E-state index is 0.185. The number of pyridine rings is 2. The maximum atomic E-state index is 5.84. The van der Waals surface area contributed by atoms with Gasteiger partial charge in [-0.15, -0.1) is 0 Å². The van der Waals surface area contributed by atoms with E-state index in [-0.39, 0.29) is 12.2 Å². The number of benzene rings is 2. The van der Waals surface area contributed by atoms with Gasteiger partial charge in [0, 0.05) is 68.1 Å². The van der Waals surface area contributed by atoms with E-state index in [0.717, 1.165) is 84.7 Å².